The van der Waals surface area contributed by atoms with Gasteiger partial charge in [-0.25, -0.2) is 19.1 Å². The normalized spacial score (nSPS) is 20.5. The number of benzene rings is 1. The van der Waals surface area contributed by atoms with Crippen molar-refractivity contribution >= 4 is 23.3 Å². The van der Waals surface area contributed by atoms with Gasteiger partial charge in [0.05, 0.1) is 25.4 Å². The first-order chi connectivity index (χ1) is 14.8. The van der Waals surface area contributed by atoms with E-state index in [0.29, 0.717) is 29.9 Å². The van der Waals surface area contributed by atoms with Crippen molar-refractivity contribution in [1.29, 1.82) is 0 Å². The summed E-state index contributed by atoms with van der Waals surface area (Å²) in [5.74, 6) is -0.993. The van der Waals surface area contributed by atoms with E-state index >= 15 is 0 Å². The van der Waals surface area contributed by atoms with Gasteiger partial charge in [0.25, 0.3) is 5.91 Å². The molecule has 0 bridgehead atoms. The minimum atomic E-state index is -0.646. The van der Waals surface area contributed by atoms with E-state index < -0.39 is 11.8 Å². The summed E-state index contributed by atoms with van der Waals surface area (Å²) in [5.41, 5.74) is 7.71. The molecule has 0 spiro atoms. The number of hydrogen-bond acceptors (Lipinski definition) is 5. The van der Waals surface area contributed by atoms with Crippen molar-refractivity contribution in [2.24, 2.45) is 5.73 Å². The van der Waals surface area contributed by atoms with Gasteiger partial charge >= 0.3 is 6.03 Å². The van der Waals surface area contributed by atoms with Crippen LogP contribution in [0, 0.1) is 12.4 Å². The second-order valence-corrected chi connectivity index (χ2v) is 7.61. The monoisotopic (exact) mass is 427 g/mol. The maximum absolute atomic E-state index is 13.6. The third kappa shape index (κ3) is 3.71. The summed E-state index contributed by atoms with van der Waals surface area (Å²) >= 11 is 0. The van der Waals surface area contributed by atoms with Crippen LogP contribution in [-0.2, 0) is 24.3 Å². The van der Waals surface area contributed by atoms with Crippen molar-refractivity contribution in [1.82, 2.24) is 19.7 Å². The number of hydrogen-bond donors (Lipinski definition) is 2. The maximum Gasteiger partial charge on any atom is 0.322 e. The molecule has 0 radical (unpaired) electrons. The number of nitrogens with one attached hydrogen (secondary N) is 1. The van der Waals surface area contributed by atoms with E-state index in [-0.39, 0.29) is 36.8 Å². The number of halogens is 1. The molecule has 10 nitrogen and oxygen atoms in total. The summed E-state index contributed by atoms with van der Waals surface area (Å²) in [5, 5.41) is 8.46. The molecule has 0 unspecified atom stereocenters. The molecule has 3 N–H and O–H groups in total. The van der Waals surface area contributed by atoms with Crippen LogP contribution in [0.5, 0.6) is 0 Å². The molecule has 3 heterocycles. The number of nitrogens with two attached hydrogens (primary N) is 1. The molecule has 11 heteroatoms. The summed E-state index contributed by atoms with van der Waals surface area (Å²) in [6.45, 7) is 9.67. The van der Waals surface area contributed by atoms with Gasteiger partial charge in [0.1, 0.15) is 17.6 Å². The lowest BCUT2D eigenvalue weighted by atomic mass is 9.99. The van der Waals surface area contributed by atoms with E-state index in [1.807, 2.05) is 6.92 Å². The number of fused-ring (bicyclic) bond motifs is 3. The van der Waals surface area contributed by atoms with Crippen LogP contribution in [0.25, 0.3) is 4.85 Å². The zero-order valence-corrected chi connectivity index (χ0v) is 17.1. The number of aromatic nitrogens is 2. The number of carbonyl (C=O) groups is 2. The molecule has 1 aromatic heterocycles. The Balaban J connectivity index is 1.61. The summed E-state index contributed by atoms with van der Waals surface area (Å²) in [4.78, 5) is 36.1. The lowest BCUT2D eigenvalue weighted by molar-refractivity contribution is -0.144. The van der Waals surface area contributed by atoms with E-state index in [9.17, 15) is 14.0 Å². The average molecular weight is 427 g/mol. The minimum absolute atomic E-state index is 0.170. The fraction of sp³-hybridized carbons (Fsp3) is 0.400. The molecule has 31 heavy (non-hydrogen) atoms. The lowest BCUT2D eigenvalue weighted by Gasteiger charge is -2.33. The van der Waals surface area contributed by atoms with E-state index in [1.165, 1.54) is 19.2 Å². The SMILES string of the molecule is [C-]#[N+]c1cc(NC(=O)N2Cc3c(nn4c3C(=O)N(C)O[C@H](CN)C4)C[C@H]2C)ccc1F. The van der Waals surface area contributed by atoms with Crippen LogP contribution in [0.15, 0.2) is 18.2 Å². The average Bonchev–Trinajstić information content (AvgIpc) is 3.03. The van der Waals surface area contributed by atoms with Crippen LogP contribution in [0.4, 0.5) is 20.6 Å². The molecule has 0 saturated carbocycles. The molecule has 2 atom stereocenters. The molecule has 4 rings (SSSR count). The highest BCUT2D eigenvalue weighted by Gasteiger charge is 2.37. The van der Waals surface area contributed by atoms with Crippen LogP contribution in [-0.4, -0.2) is 57.4 Å². The lowest BCUT2D eigenvalue weighted by Crippen LogP contribution is -2.45. The van der Waals surface area contributed by atoms with Crippen molar-refractivity contribution < 1.29 is 18.8 Å². The minimum Gasteiger partial charge on any atom is -0.328 e. The van der Waals surface area contributed by atoms with Gasteiger partial charge in [0, 0.05) is 37.3 Å². The largest absolute Gasteiger partial charge is 0.328 e. The van der Waals surface area contributed by atoms with Crippen LogP contribution in [0.1, 0.15) is 28.7 Å². The van der Waals surface area contributed by atoms with Crippen LogP contribution in [0.2, 0.25) is 0 Å². The molecular weight excluding hydrogens is 405 g/mol. The molecule has 1 aromatic carbocycles. The van der Waals surface area contributed by atoms with E-state index in [4.69, 9.17) is 17.1 Å². The summed E-state index contributed by atoms with van der Waals surface area (Å²) < 4.78 is 15.2. The standard InChI is InChI=1S/C20H22FN7O3/c1-11-6-16-14(18-19(29)26(3)31-13(8-22)9-28(18)25-16)10-27(11)20(30)24-12-4-5-15(21)17(7-12)23-2/h4-5,7,11,13H,6,8-10,22H2,1,3H3,(H,24,30)/t11-,13-/m1/s1. The van der Waals surface area contributed by atoms with Crippen LogP contribution in [0.3, 0.4) is 0 Å². The van der Waals surface area contributed by atoms with Crippen molar-refractivity contribution in [3.63, 3.8) is 0 Å². The Morgan fingerprint density at radius 3 is 2.97 bits per heavy atom. The second-order valence-electron chi connectivity index (χ2n) is 7.61. The number of hydroxylamine groups is 2. The van der Waals surface area contributed by atoms with Crippen molar-refractivity contribution in [3.8, 4) is 0 Å². The molecule has 0 aliphatic carbocycles. The predicted octanol–water partition coefficient (Wildman–Crippen LogP) is 1.90. The Morgan fingerprint density at radius 1 is 1.48 bits per heavy atom. The highest BCUT2D eigenvalue weighted by atomic mass is 19.1. The van der Waals surface area contributed by atoms with Crippen molar-refractivity contribution in [3.05, 3.63) is 52.4 Å². The Labute approximate surface area is 178 Å². The second kappa shape index (κ2) is 7.98. The quantitative estimate of drug-likeness (QED) is 0.712. The van der Waals surface area contributed by atoms with Crippen LogP contribution < -0.4 is 11.1 Å². The molecule has 2 aliphatic rings. The number of urea groups is 1. The zero-order chi connectivity index (χ0) is 22.3. The molecule has 162 valence electrons. The first kappa shape index (κ1) is 20.8. The number of anilines is 1. The predicted molar refractivity (Wildman–Crippen MR) is 109 cm³/mol. The van der Waals surface area contributed by atoms with Gasteiger partial charge in [0.15, 0.2) is 0 Å². The number of amides is 3. The smallest absolute Gasteiger partial charge is 0.322 e. The molecule has 2 aliphatic heterocycles. The van der Waals surface area contributed by atoms with E-state index in [2.05, 4.69) is 15.3 Å². The van der Waals surface area contributed by atoms with Crippen molar-refractivity contribution in [2.75, 3.05) is 18.9 Å². The molecule has 0 saturated heterocycles. The van der Waals surface area contributed by atoms with Crippen molar-refractivity contribution in [2.45, 2.75) is 38.6 Å². The number of nitrogens with zero attached hydrogens (tertiary/aromatic N) is 5. The Bertz CT molecular complexity index is 1090. The molecular formula is C20H22FN7O3. The number of rotatable bonds is 2. The van der Waals surface area contributed by atoms with Gasteiger partial charge in [-0.1, -0.05) is 0 Å². The Morgan fingerprint density at radius 2 is 2.26 bits per heavy atom. The molecule has 0 fully saturated rings. The van der Waals surface area contributed by atoms with E-state index in [0.717, 1.165) is 16.8 Å². The summed E-state index contributed by atoms with van der Waals surface area (Å²) in [7, 11) is 1.53. The Kier molecular flexibility index (Phi) is 5.34. The van der Waals surface area contributed by atoms with Gasteiger partial charge in [-0.3, -0.25) is 14.3 Å². The van der Waals surface area contributed by atoms with Gasteiger partial charge in [-0.05, 0) is 25.1 Å². The summed E-state index contributed by atoms with van der Waals surface area (Å²) in [6.07, 6.45) is 0.0912. The first-order valence-corrected chi connectivity index (χ1v) is 9.80. The topological polar surface area (TPSA) is 110 Å². The first-order valence-electron chi connectivity index (χ1n) is 9.80. The molecule has 2 aromatic rings. The maximum atomic E-state index is 13.6. The summed E-state index contributed by atoms with van der Waals surface area (Å²) in [6, 6.07) is 3.24. The van der Waals surface area contributed by atoms with Gasteiger partial charge < -0.3 is 16.0 Å². The highest BCUT2D eigenvalue weighted by molar-refractivity contribution is 5.94. The van der Waals surface area contributed by atoms with Gasteiger partial charge in [0.2, 0.25) is 5.69 Å². The third-order valence-electron chi connectivity index (χ3n) is 5.50. The fourth-order valence-electron chi connectivity index (χ4n) is 3.87. The van der Waals surface area contributed by atoms with Gasteiger partial charge in [-0.15, -0.1) is 0 Å². The van der Waals surface area contributed by atoms with Crippen LogP contribution >= 0.6 is 0 Å². The highest BCUT2D eigenvalue weighted by Crippen LogP contribution is 2.29. The number of carbonyl (C=O) groups excluding carboxylic acids is 2. The fourth-order valence-corrected chi connectivity index (χ4v) is 3.87. The van der Waals surface area contributed by atoms with E-state index in [1.54, 1.807) is 9.58 Å². The zero-order valence-electron chi connectivity index (χ0n) is 17.1. The Hall–Kier alpha value is -3.49. The third-order valence-corrected chi connectivity index (χ3v) is 5.50. The van der Waals surface area contributed by atoms with Gasteiger partial charge in [-0.2, -0.15) is 5.10 Å². The molecule has 3 amide bonds.